The Bertz CT molecular complexity index is 1090. The third-order valence-corrected chi connectivity index (χ3v) is 4.24. The molecule has 0 fully saturated rings. The summed E-state index contributed by atoms with van der Waals surface area (Å²) < 4.78 is 40.4. The van der Waals surface area contributed by atoms with E-state index in [9.17, 15) is 13.2 Å². The first-order valence-corrected chi connectivity index (χ1v) is 8.84. The fourth-order valence-electron chi connectivity index (χ4n) is 2.87. The Labute approximate surface area is 164 Å². The van der Waals surface area contributed by atoms with E-state index in [0.717, 1.165) is 34.8 Å². The smallest absolute Gasteiger partial charge is 0.350 e. The van der Waals surface area contributed by atoms with E-state index in [1.165, 1.54) is 0 Å². The van der Waals surface area contributed by atoms with Gasteiger partial charge in [-0.25, -0.2) is 14.6 Å². The number of benzene rings is 2. The predicted octanol–water partition coefficient (Wildman–Crippen LogP) is 4.96. The Kier molecular flexibility index (Phi) is 4.99. The molecule has 5 nitrogen and oxygen atoms in total. The lowest BCUT2D eigenvalue weighted by atomic mass is 10.1. The molecule has 8 heteroatoms. The van der Waals surface area contributed by atoms with E-state index in [4.69, 9.17) is 0 Å². The molecule has 146 valence electrons. The van der Waals surface area contributed by atoms with Gasteiger partial charge < -0.3 is 5.32 Å². The Hall–Kier alpha value is -3.68. The van der Waals surface area contributed by atoms with Crippen LogP contribution in [0, 0.1) is 0 Å². The lowest BCUT2D eigenvalue weighted by molar-refractivity contribution is -0.141. The number of hydrogen-bond donors (Lipinski definition) is 1. The number of halogens is 3. The second-order valence-corrected chi connectivity index (χ2v) is 6.27. The summed E-state index contributed by atoms with van der Waals surface area (Å²) in [4.78, 5) is 7.44. The molecule has 1 N–H and O–H groups in total. The third-order valence-electron chi connectivity index (χ3n) is 4.24. The van der Waals surface area contributed by atoms with E-state index < -0.39 is 11.9 Å². The number of nitrogens with zero attached hydrogens (tertiary/aromatic N) is 4. The van der Waals surface area contributed by atoms with Crippen LogP contribution >= 0.6 is 0 Å². The molecule has 2 heterocycles. The highest BCUT2D eigenvalue weighted by Gasteiger charge is 2.32. The van der Waals surface area contributed by atoms with Crippen LogP contribution in [0.2, 0.25) is 0 Å². The van der Waals surface area contributed by atoms with Crippen LogP contribution in [0.25, 0.3) is 16.9 Å². The summed E-state index contributed by atoms with van der Waals surface area (Å²) in [5, 5.41) is 7.55. The van der Waals surface area contributed by atoms with Gasteiger partial charge in [-0.3, -0.25) is 0 Å². The molecule has 0 unspecified atom stereocenters. The number of anilines is 1. The van der Waals surface area contributed by atoms with Crippen LogP contribution in [0.4, 0.5) is 19.1 Å². The SMILES string of the molecule is FC(F)(F)c1ccnc(NCc2cn(-c3ccccc3)nc2-c2ccccc2)n1. The summed E-state index contributed by atoms with van der Waals surface area (Å²) in [5.41, 5.74) is 2.34. The van der Waals surface area contributed by atoms with Gasteiger partial charge in [0.1, 0.15) is 5.69 Å². The third kappa shape index (κ3) is 4.26. The molecule has 2 aromatic carbocycles. The average Bonchev–Trinajstić information content (AvgIpc) is 3.17. The largest absolute Gasteiger partial charge is 0.433 e. The number of nitrogens with one attached hydrogen (secondary N) is 1. The van der Waals surface area contributed by atoms with E-state index in [-0.39, 0.29) is 12.5 Å². The van der Waals surface area contributed by atoms with Gasteiger partial charge in [0.05, 0.1) is 11.4 Å². The van der Waals surface area contributed by atoms with E-state index in [1.54, 1.807) is 4.68 Å². The van der Waals surface area contributed by atoms with Crippen LogP contribution < -0.4 is 5.32 Å². The molecule has 0 atom stereocenters. The Morgan fingerprint density at radius 3 is 2.28 bits per heavy atom. The number of para-hydroxylation sites is 1. The van der Waals surface area contributed by atoms with Crippen molar-refractivity contribution < 1.29 is 13.2 Å². The monoisotopic (exact) mass is 395 g/mol. The van der Waals surface area contributed by atoms with Crippen LogP contribution in [0.3, 0.4) is 0 Å². The second-order valence-electron chi connectivity index (χ2n) is 6.27. The first kappa shape index (κ1) is 18.7. The zero-order valence-electron chi connectivity index (χ0n) is 15.1. The molecule has 29 heavy (non-hydrogen) atoms. The van der Waals surface area contributed by atoms with Gasteiger partial charge in [0.2, 0.25) is 5.95 Å². The zero-order chi connectivity index (χ0) is 20.3. The molecule has 0 bridgehead atoms. The predicted molar refractivity (Wildman–Crippen MR) is 103 cm³/mol. The van der Waals surface area contributed by atoms with E-state index >= 15 is 0 Å². The van der Waals surface area contributed by atoms with E-state index in [0.29, 0.717) is 0 Å². The molecular formula is C21H16F3N5. The molecule has 0 saturated heterocycles. The van der Waals surface area contributed by atoms with Gasteiger partial charge in [-0.05, 0) is 18.2 Å². The summed E-state index contributed by atoms with van der Waals surface area (Å²) >= 11 is 0. The minimum Gasteiger partial charge on any atom is -0.350 e. The Morgan fingerprint density at radius 2 is 1.59 bits per heavy atom. The number of alkyl halides is 3. The van der Waals surface area contributed by atoms with Gasteiger partial charge in [-0.1, -0.05) is 48.5 Å². The van der Waals surface area contributed by atoms with Gasteiger partial charge in [0, 0.05) is 30.1 Å². The Balaban J connectivity index is 1.65. The maximum Gasteiger partial charge on any atom is 0.433 e. The normalized spacial score (nSPS) is 11.4. The molecule has 0 amide bonds. The molecule has 0 radical (unpaired) electrons. The fraction of sp³-hybridized carbons (Fsp3) is 0.0952. The molecular weight excluding hydrogens is 379 g/mol. The van der Waals surface area contributed by atoms with E-state index in [2.05, 4.69) is 20.4 Å². The molecule has 0 spiro atoms. The van der Waals surface area contributed by atoms with Crippen molar-refractivity contribution in [3.05, 3.63) is 90.4 Å². The first-order valence-electron chi connectivity index (χ1n) is 8.84. The lowest BCUT2D eigenvalue weighted by Crippen LogP contribution is -2.11. The number of aromatic nitrogens is 4. The van der Waals surface area contributed by atoms with Crippen molar-refractivity contribution in [1.29, 1.82) is 0 Å². The van der Waals surface area contributed by atoms with Crippen LogP contribution in [0.1, 0.15) is 11.3 Å². The molecule has 4 aromatic rings. The maximum absolute atomic E-state index is 12.9. The molecule has 0 aliphatic heterocycles. The van der Waals surface area contributed by atoms with Gasteiger partial charge in [0.25, 0.3) is 0 Å². The van der Waals surface area contributed by atoms with Crippen LogP contribution in [-0.4, -0.2) is 19.7 Å². The maximum atomic E-state index is 12.9. The topological polar surface area (TPSA) is 55.6 Å². The summed E-state index contributed by atoms with van der Waals surface area (Å²) in [6.07, 6.45) is -1.59. The average molecular weight is 395 g/mol. The standard InChI is InChI=1S/C21H16F3N5/c22-21(23,24)18-11-12-25-20(27-18)26-13-16-14-29(17-9-5-2-6-10-17)28-19(16)15-7-3-1-4-8-15/h1-12,14H,13H2,(H,25,26,27). The van der Waals surface area contributed by atoms with Gasteiger partial charge >= 0.3 is 6.18 Å². The molecule has 4 rings (SSSR count). The van der Waals surface area contributed by atoms with Gasteiger partial charge in [-0.15, -0.1) is 0 Å². The van der Waals surface area contributed by atoms with Crippen LogP contribution in [0.15, 0.2) is 79.1 Å². The quantitative estimate of drug-likeness (QED) is 0.519. The number of hydrogen-bond acceptors (Lipinski definition) is 4. The van der Waals surface area contributed by atoms with Gasteiger partial charge in [0.15, 0.2) is 0 Å². The molecule has 0 aliphatic rings. The Morgan fingerprint density at radius 1 is 0.897 bits per heavy atom. The molecule has 2 aromatic heterocycles. The fourth-order valence-corrected chi connectivity index (χ4v) is 2.87. The van der Waals surface area contributed by atoms with Crippen LogP contribution in [-0.2, 0) is 12.7 Å². The summed E-state index contributed by atoms with van der Waals surface area (Å²) in [6.45, 7) is 0.221. The van der Waals surface area contributed by atoms with Gasteiger partial charge in [-0.2, -0.15) is 18.3 Å². The first-order chi connectivity index (χ1) is 14.0. The highest BCUT2D eigenvalue weighted by Crippen LogP contribution is 2.28. The highest BCUT2D eigenvalue weighted by atomic mass is 19.4. The van der Waals surface area contributed by atoms with E-state index in [1.807, 2.05) is 66.9 Å². The minimum absolute atomic E-state index is 0.0914. The van der Waals surface area contributed by atoms with Crippen molar-refractivity contribution in [2.24, 2.45) is 0 Å². The minimum atomic E-state index is -4.52. The molecule has 0 aliphatic carbocycles. The van der Waals surface area contributed by atoms with Crippen molar-refractivity contribution in [2.45, 2.75) is 12.7 Å². The summed E-state index contributed by atoms with van der Waals surface area (Å²) in [6, 6.07) is 20.0. The molecule has 0 saturated carbocycles. The van der Waals surface area contributed by atoms with Crippen molar-refractivity contribution in [3.8, 4) is 16.9 Å². The summed E-state index contributed by atoms with van der Waals surface area (Å²) in [5.74, 6) is -0.0914. The lowest BCUT2D eigenvalue weighted by Gasteiger charge is -2.08. The van der Waals surface area contributed by atoms with Crippen molar-refractivity contribution >= 4 is 5.95 Å². The van der Waals surface area contributed by atoms with Crippen molar-refractivity contribution in [2.75, 3.05) is 5.32 Å². The van der Waals surface area contributed by atoms with Crippen molar-refractivity contribution in [3.63, 3.8) is 0 Å². The number of rotatable bonds is 5. The van der Waals surface area contributed by atoms with Crippen LogP contribution in [0.5, 0.6) is 0 Å². The highest BCUT2D eigenvalue weighted by molar-refractivity contribution is 5.63. The second kappa shape index (κ2) is 7.75. The van der Waals surface area contributed by atoms with Crippen molar-refractivity contribution in [1.82, 2.24) is 19.7 Å². The summed E-state index contributed by atoms with van der Waals surface area (Å²) in [7, 11) is 0. The zero-order valence-corrected chi connectivity index (χ0v) is 15.1.